The summed E-state index contributed by atoms with van der Waals surface area (Å²) in [5.74, 6) is 0.852. The van der Waals surface area contributed by atoms with Crippen LogP contribution in [-0.4, -0.2) is 52.9 Å². The van der Waals surface area contributed by atoms with Crippen LogP contribution in [0.25, 0.3) is 10.8 Å². The highest BCUT2D eigenvalue weighted by Crippen LogP contribution is 2.32. The number of aromatic nitrogens is 1. The molecular weight excluding hydrogens is 310 g/mol. The van der Waals surface area contributed by atoms with Crippen molar-refractivity contribution in [2.45, 2.75) is 37.8 Å². The average molecular weight is 331 g/mol. The maximum absolute atomic E-state index is 13.0. The van der Waals surface area contributed by atoms with Gasteiger partial charge in [-0.05, 0) is 51.4 Å². The molecule has 1 amide bonds. The second-order valence-electron chi connectivity index (χ2n) is 6.41. The van der Waals surface area contributed by atoms with Gasteiger partial charge in [-0.15, -0.1) is 11.3 Å². The number of nitrogens with zero attached hydrogens (tertiary/aromatic N) is 3. The number of likely N-dealkylation sites (N-methyl/N-ethyl adjacent to an activating group) is 1. The number of amides is 1. The minimum atomic E-state index is 0.128. The van der Waals surface area contributed by atoms with Crippen LogP contribution in [0.2, 0.25) is 0 Å². The Bertz CT molecular complexity index is 682. The number of carbonyl (C=O) groups excluding carboxylic acids is 1. The average Bonchev–Trinajstić information content (AvgIpc) is 3.31. The molecule has 2 aromatic heterocycles. The first-order chi connectivity index (χ1) is 11.2. The van der Waals surface area contributed by atoms with Crippen LogP contribution in [0.3, 0.4) is 0 Å². The molecule has 2 atom stereocenters. The standard InChI is InChI=1S/C17H21N3O2S/c1-19-8-2-5-12(19)13-6-3-9-20(13)17(21)15-11-18-16(23-15)14-7-4-10-22-14/h4,7,10-13H,2-3,5-6,8-9H2,1H3/t12-,13-/m0/s1. The molecule has 0 radical (unpaired) electrons. The summed E-state index contributed by atoms with van der Waals surface area (Å²) >= 11 is 1.42. The van der Waals surface area contributed by atoms with E-state index in [1.165, 1.54) is 24.2 Å². The van der Waals surface area contributed by atoms with Crippen LogP contribution in [0, 0.1) is 0 Å². The summed E-state index contributed by atoms with van der Waals surface area (Å²) in [4.78, 5) is 22.5. The Morgan fingerprint density at radius 1 is 1.30 bits per heavy atom. The zero-order valence-electron chi connectivity index (χ0n) is 13.3. The van der Waals surface area contributed by atoms with Crippen LogP contribution in [-0.2, 0) is 0 Å². The van der Waals surface area contributed by atoms with Gasteiger partial charge in [0, 0.05) is 18.6 Å². The van der Waals surface area contributed by atoms with Crippen molar-refractivity contribution in [2.24, 2.45) is 0 Å². The molecule has 0 saturated carbocycles. The van der Waals surface area contributed by atoms with Crippen molar-refractivity contribution in [3.05, 3.63) is 29.5 Å². The first-order valence-corrected chi connectivity index (χ1v) is 9.06. The summed E-state index contributed by atoms with van der Waals surface area (Å²) in [6, 6.07) is 4.58. The van der Waals surface area contributed by atoms with E-state index >= 15 is 0 Å². The Balaban J connectivity index is 1.54. The van der Waals surface area contributed by atoms with Crippen LogP contribution in [0.4, 0.5) is 0 Å². The number of rotatable bonds is 3. The quantitative estimate of drug-likeness (QED) is 0.867. The normalized spacial score (nSPS) is 25.3. The Labute approximate surface area is 139 Å². The molecule has 5 nitrogen and oxygen atoms in total. The highest BCUT2D eigenvalue weighted by Gasteiger charge is 2.39. The summed E-state index contributed by atoms with van der Waals surface area (Å²) in [7, 11) is 2.18. The molecule has 2 saturated heterocycles. The van der Waals surface area contributed by atoms with Crippen molar-refractivity contribution in [2.75, 3.05) is 20.1 Å². The molecule has 2 aromatic rings. The molecule has 0 aliphatic carbocycles. The van der Waals surface area contributed by atoms with Crippen LogP contribution in [0.5, 0.6) is 0 Å². The molecule has 2 fully saturated rings. The minimum absolute atomic E-state index is 0.128. The zero-order valence-corrected chi connectivity index (χ0v) is 14.1. The van der Waals surface area contributed by atoms with E-state index in [9.17, 15) is 4.79 Å². The Morgan fingerprint density at radius 2 is 2.13 bits per heavy atom. The number of carbonyl (C=O) groups is 1. The molecule has 6 heteroatoms. The summed E-state index contributed by atoms with van der Waals surface area (Å²) in [5.41, 5.74) is 0. The summed E-state index contributed by atoms with van der Waals surface area (Å²) in [6.07, 6.45) is 7.98. The van der Waals surface area contributed by atoms with E-state index in [-0.39, 0.29) is 5.91 Å². The SMILES string of the molecule is CN1CCC[C@H]1[C@@H]1CCCN1C(=O)c1cnc(-c2ccco2)s1. The lowest BCUT2D eigenvalue weighted by Crippen LogP contribution is -2.46. The fourth-order valence-electron chi connectivity index (χ4n) is 3.90. The van der Waals surface area contributed by atoms with Crippen LogP contribution in [0.1, 0.15) is 35.4 Å². The van der Waals surface area contributed by atoms with Crippen LogP contribution in [0.15, 0.2) is 29.0 Å². The second-order valence-corrected chi connectivity index (χ2v) is 7.44. The maximum Gasteiger partial charge on any atom is 0.265 e. The molecule has 4 heterocycles. The topological polar surface area (TPSA) is 49.6 Å². The van der Waals surface area contributed by atoms with Crippen molar-refractivity contribution in [3.8, 4) is 10.8 Å². The van der Waals surface area contributed by atoms with Gasteiger partial charge < -0.3 is 14.2 Å². The van der Waals surface area contributed by atoms with Crippen molar-refractivity contribution in [1.29, 1.82) is 0 Å². The number of furan rings is 1. The fourth-order valence-corrected chi connectivity index (χ4v) is 4.74. The highest BCUT2D eigenvalue weighted by molar-refractivity contribution is 7.16. The second kappa shape index (κ2) is 6.09. The number of hydrogen-bond donors (Lipinski definition) is 0. The lowest BCUT2D eigenvalue weighted by Gasteiger charge is -2.33. The smallest absolute Gasteiger partial charge is 0.265 e. The van der Waals surface area contributed by atoms with E-state index in [1.807, 2.05) is 12.1 Å². The summed E-state index contributed by atoms with van der Waals surface area (Å²) in [6.45, 7) is 2.01. The fraction of sp³-hybridized carbons (Fsp3) is 0.529. The zero-order chi connectivity index (χ0) is 15.8. The Kier molecular flexibility index (Phi) is 3.95. The van der Waals surface area contributed by atoms with Gasteiger partial charge in [0.25, 0.3) is 5.91 Å². The molecule has 0 aromatic carbocycles. The molecule has 4 rings (SSSR count). The first kappa shape index (κ1) is 14.9. The minimum Gasteiger partial charge on any atom is -0.462 e. The van der Waals surface area contributed by atoms with Crippen molar-refractivity contribution in [1.82, 2.24) is 14.8 Å². The molecule has 2 aliphatic rings. The van der Waals surface area contributed by atoms with Gasteiger partial charge >= 0.3 is 0 Å². The van der Waals surface area contributed by atoms with Crippen molar-refractivity contribution < 1.29 is 9.21 Å². The van der Waals surface area contributed by atoms with Gasteiger partial charge in [-0.3, -0.25) is 4.79 Å². The molecule has 23 heavy (non-hydrogen) atoms. The molecule has 0 N–H and O–H groups in total. The summed E-state index contributed by atoms with van der Waals surface area (Å²) in [5, 5.41) is 0.770. The summed E-state index contributed by atoms with van der Waals surface area (Å²) < 4.78 is 5.37. The van der Waals surface area contributed by atoms with Gasteiger partial charge in [0.05, 0.1) is 12.5 Å². The predicted octanol–water partition coefficient (Wildman–Crippen LogP) is 3.10. The van der Waals surface area contributed by atoms with E-state index < -0.39 is 0 Å². The number of hydrogen-bond acceptors (Lipinski definition) is 5. The van der Waals surface area contributed by atoms with Crippen LogP contribution < -0.4 is 0 Å². The Hall–Kier alpha value is -1.66. The molecule has 0 bridgehead atoms. The lowest BCUT2D eigenvalue weighted by atomic mass is 10.0. The third kappa shape index (κ3) is 2.70. The van der Waals surface area contributed by atoms with Crippen molar-refractivity contribution >= 4 is 17.2 Å². The third-order valence-electron chi connectivity index (χ3n) is 5.03. The number of thiazole rings is 1. The Morgan fingerprint density at radius 3 is 2.87 bits per heavy atom. The van der Waals surface area contributed by atoms with Crippen LogP contribution >= 0.6 is 11.3 Å². The first-order valence-electron chi connectivity index (χ1n) is 8.25. The van der Waals surface area contributed by atoms with E-state index in [0.717, 1.165) is 36.7 Å². The molecule has 2 aliphatic heterocycles. The van der Waals surface area contributed by atoms with Gasteiger partial charge in [-0.25, -0.2) is 4.98 Å². The molecule has 122 valence electrons. The number of likely N-dealkylation sites (tertiary alicyclic amines) is 2. The monoisotopic (exact) mass is 331 g/mol. The molecule has 0 unspecified atom stereocenters. The van der Waals surface area contributed by atoms with Crippen molar-refractivity contribution in [3.63, 3.8) is 0 Å². The van der Waals surface area contributed by atoms with E-state index in [4.69, 9.17) is 4.42 Å². The van der Waals surface area contributed by atoms with Gasteiger partial charge in [0.1, 0.15) is 4.88 Å². The van der Waals surface area contributed by atoms with E-state index in [0.29, 0.717) is 17.0 Å². The predicted molar refractivity (Wildman–Crippen MR) is 89.5 cm³/mol. The van der Waals surface area contributed by atoms with E-state index in [1.54, 1.807) is 12.5 Å². The van der Waals surface area contributed by atoms with E-state index in [2.05, 4.69) is 21.8 Å². The van der Waals surface area contributed by atoms with Gasteiger partial charge in [0.2, 0.25) is 0 Å². The van der Waals surface area contributed by atoms with Gasteiger partial charge in [0.15, 0.2) is 10.8 Å². The highest BCUT2D eigenvalue weighted by atomic mass is 32.1. The third-order valence-corrected chi connectivity index (χ3v) is 6.03. The molecular formula is C17H21N3O2S. The maximum atomic E-state index is 13.0. The van der Waals surface area contributed by atoms with Gasteiger partial charge in [-0.2, -0.15) is 0 Å². The largest absolute Gasteiger partial charge is 0.462 e. The molecule has 0 spiro atoms. The lowest BCUT2D eigenvalue weighted by molar-refractivity contribution is 0.0669. The van der Waals surface area contributed by atoms with Gasteiger partial charge in [-0.1, -0.05) is 0 Å².